The molecule has 0 spiro atoms. The van der Waals surface area contributed by atoms with E-state index in [9.17, 15) is 9.18 Å². The first-order valence-corrected chi connectivity index (χ1v) is 17.4. The van der Waals surface area contributed by atoms with Gasteiger partial charge in [0.15, 0.2) is 0 Å². The van der Waals surface area contributed by atoms with Crippen molar-refractivity contribution in [2.45, 2.75) is 57.9 Å². The van der Waals surface area contributed by atoms with Crippen LogP contribution >= 0.6 is 22.9 Å². The Morgan fingerprint density at radius 1 is 1.00 bits per heavy atom. The molecule has 1 amide bonds. The van der Waals surface area contributed by atoms with Gasteiger partial charge in [-0.25, -0.2) is 9.37 Å². The lowest BCUT2D eigenvalue weighted by atomic mass is 9.93. The molecule has 9 rings (SSSR count). The van der Waals surface area contributed by atoms with Crippen LogP contribution in [0.3, 0.4) is 0 Å². The van der Waals surface area contributed by atoms with Gasteiger partial charge in [-0.1, -0.05) is 29.8 Å². The van der Waals surface area contributed by atoms with Crippen LogP contribution in [0.15, 0.2) is 65.2 Å². The second-order valence-corrected chi connectivity index (χ2v) is 14.0. The number of carbonyl (C=O) groups excluding carboxylic acids is 1. The molecular weight excluding hydrogens is 647 g/mol. The summed E-state index contributed by atoms with van der Waals surface area (Å²) < 4.78 is 20.3. The highest BCUT2D eigenvalue weighted by atomic mass is 35.5. The molecule has 1 saturated heterocycles. The molecule has 0 saturated carbocycles. The van der Waals surface area contributed by atoms with E-state index in [0.29, 0.717) is 48.1 Å². The van der Waals surface area contributed by atoms with Crippen LogP contribution in [-0.4, -0.2) is 37.5 Å². The minimum atomic E-state index is -0.271. The topological polar surface area (TPSA) is 111 Å². The number of thiophene rings is 1. The molecule has 48 heavy (non-hydrogen) atoms. The Kier molecular flexibility index (Phi) is 7.92. The van der Waals surface area contributed by atoms with Crippen molar-refractivity contribution >= 4 is 44.7 Å². The van der Waals surface area contributed by atoms with Gasteiger partial charge in [-0.15, -0.1) is 21.5 Å². The van der Waals surface area contributed by atoms with Crippen LogP contribution in [0.1, 0.15) is 69.6 Å². The molecule has 11 heteroatoms. The number of halogens is 2. The lowest BCUT2D eigenvalue weighted by molar-refractivity contribution is 0.0776. The summed E-state index contributed by atoms with van der Waals surface area (Å²) in [4.78, 5) is 26.0. The van der Waals surface area contributed by atoms with Gasteiger partial charge in [0.05, 0.1) is 33.3 Å². The third-order valence-electron chi connectivity index (χ3n) is 9.42. The van der Waals surface area contributed by atoms with Crippen molar-refractivity contribution in [1.29, 1.82) is 0 Å². The standard InChI is InChI=1S/C28H23FN6O2S.C9H9Cl/c1-14-33-34-27(37-14)21-18(9-6-15-4-7-17(29)8-5-15)32-24-19-3-2-12-35(19)28(36)23(24)22(21)20-13-16-10-11-31-26(30)25(16)38-20;10-9-5-4-7-2-1-3-8(7)6-9/h4-5,7-8,10-11,13,19H,2-3,6,9,12H2,1H3,(H2,30,31);4-6H,1-3H2. The number of fused-ring (bicyclic) bond motifs is 5. The molecule has 2 aromatic carbocycles. The number of nitrogen functional groups attached to an aromatic ring is 1. The third-order valence-corrected chi connectivity index (χ3v) is 10.8. The van der Waals surface area contributed by atoms with E-state index in [4.69, 9.17) is 26.7 Å². The largest absolute Gasteiger partial charge is 0.421 e. The Morgan fingerprint density at radius 2 is 1.83 bits per heavy atom. The summed E-state index contributed by atoms with van der Waals surface area (Å²) in [6, 6.07) is 16.6. The number of amides is 1. The number of nitrogens with zero attached hydrogens (tertiary/aromatic N) is 5. The number of carbonyl (C=O) groups is 1. The third kappa shape index (κ3) is 5.52. The highest BCUT2D eigenvalue weighted by molar-refractivity contribution is 7.22. The normalized spacial score (nSPS) is 16.2. The Morgan fingerprint density at radius 3 is 2.62 bits per heavy atom. The molecule has 6 heterocycles. The summed E-state index contributed by atoms with van der Waals surface area (Å²) in [7, 11) is 0. The number of aryl methyl sites for hydroxylation is 5. The Balaban J connectivity index is 0.000000287. The first-order valence-electron chi connectivity index (χ1n) is 16.2. The number of hydrogen-bond donors (Lipinski definition) is 1. The highest BCUT2D eigenvalue weighted by Crippen LogP contribution is 2.50. The zero-order chi connectivity index (χ0) is 32.9. The highest BCUT2D eigenvalue weighted by Gasteiger charge is 2.44. The number of benzene rings is 2. The molecule has 0 bridgehead atoms. The van der Waals surface area contributed by atoms with E-state index in [-0.39, 0.29) is 17.8 Å². The van der Waals surface area contributed by atoms with Gasteiger partial charge in [0.1, 0.15) is 11.6 Å². The van der Waals surface area contributed by atoms with Crippen molar-refractivity contribution in [2.75, 3.05) is 12.3 Å². The van der Waals surface area contributed by atoms with Crippen molar-refractivity contribution in [3.05, 3.63) is 111 Å². The molecule has 2 N–H and O–H groups in total. The first-order chi connectivity index (χ1) is 23.3. The van der Waals surface area contributed by atoms with Gasteiger partial charge in [-0.3, -0.25) is 9.78 Å². The van der Waals surface area contributed by atoms with E-state index in [1.54, 1.807) is 25.3 Å². The monoisotopic (exact) mass is 678 g/mol. The summed E-state index contributed by atoms with van der Waals surface area (Å²) in [5, 5.41) is 10.3. The lowest BCUT2D eigenvalue weighted by Gasteiger charge is -2.16. The van der Waals surface area contributed by atoms with E-state index in [2.05, 4.69) is 27.3 Å². The fourth-order valence-electron chi connectivity index (χ4n) is 7.17. The number of anilines is 1. The quantitative estimate of drug-likeness (QED) is 0.195. The predicted octanol–water partition coefficient (Wildman–Crippen LogP) is 8.34. The zero-order valence-electron chi connectivity index (χ0n) is 26.3. The predicted molar refractivity (Wildman–Crippen MR) is 186 cm³/mol. The molecule has 2 aliphatic heterocycles. The van der Waals surface area contributed by atoms with E-state index >= 15 is 0 Å². The lowest BCUT2D eigenvalue weighted by Crippen LogP contribution is -2.22. The van der Waals surface area contributed by atoms with Gasteiger partial charge in [-0.05, 0) is 103 Å². The van der Waals surface area contributed by atoms with E-state index in [1.807, 2.05) is 23.1 Å². The summed E-state index contributed by atoms with van der Waals surface area (Å²) >= 11 is 7.32. The molecule has 3 aliphatic rings. The maximum Gasteiger partial charge on any atom is 0.257 e. The van der Waals surface area contributed by atoms with E-state index in [0.717, 1.165) is 55.3 Å². The van der Waals surface area contributed by atoms with Crippen LogP contribution in [0.25, 0.3) is 32.0 Å². The van der Waals surface area contributed by atoms with Crippen molar-refractivity contribution < 1.29 is 13.6 Å². The van der Waals surface area contributed by atoms with Crippen LogP contribution in [-0.2, 0) is 25.7 Å². The molecule has 1 fully saturated rings. The van der Waals surface area contributed by atoms with Crippen LogP contribution in [0.4, 0.5) is 10.2 Å². The van der Waals surface area contributed by atoms with Crippen LogP contribution in [0.5, 0.6) is 0 Å². The molecule has 4 aromatic heterocycles. The van der Waals surface area contributed by atoms with Gasteiger partial charge in [-0.2, -0.15) is 0 Å². The second kappa shape index (κ2) is 12.4. The van der Waals surface area contributed by atoms with Gasteiger partial charge < -0.3 is 15.1 Å². The molecule has 242 valence electrons. The average Bonchev–Trinajstić information content (AvgIpc) is 3.92. The van der Waals surface area contributed by atoms with Gasteiger partial charge >= 0.3 is 0 Å². The van der Waals surface area contributed by atoms with Crippen LogP contribution in [0.2, 0.25) is 5.02 Å². The minimum absolute atomic E-state index is 0.0175. The summed E-state index contributed by atoms with van der Waals surface area (Å²) in [6.45, 7) is 2.45. The van der Waals surface area contributed by atoms with Gasteiger partial charge in [0.25, 0.3) is 5.91 Å². The fourth-order valence-corrected chi connectivity index (χ4v) is 8.48. The Labute approximate surface area is 285 Å². The Bertz CT molecular complexity index is 2200. The van der Waals surface area contributed by atoms with Gasteiger partial charge in [0.2, 0.25) is 11.8 Å². The van der Waals surface area contributed by atoms with Crippen LogP contribution < -0.4 is 5.73 Å². The molecule has 0 radical (unpaired) electrons. The van der Waals surface area contributed by atoms with E-state index < -0.39 is 0 Å². The van der Waals surface area contributed by atoms with E-state index in [1.165, 1.54) is 53.9 Å². The van der Waals surface area contributed by atoms with Crippen molar-refractivity contribution in [3.63, 3.8) is 0 Å². The summed E-state index contributed by atoms with van der Waals surface area (Å²) in [5.41, 5.74) is 13.7. The molecule has 1 aliphatic carbocycles. The second-order valence-electron chi connectivity index (χ2n) is 12.5. The molecule has 8 nitrogen and oxygen atoms in total. The smallest absolute Gasteiger partial charge is 0.257 e. The number of pyridine rings is 2. The summed E-state index contributed by atoms with van der Waals surface area (Å²) in [6.07, 6.45) is 8.47. The molecule has 1 unspecified atom stereocenters. The summed E-state index contributed by atoms with van der Waals surface area (Å²) in [5.74, 6) is 0.907. The van der Waals surface area contributed by atoms with Crippen molar-refractivity contribution in [3.8, 4) is 21.9 Å². The zero-order valence-corrected chi connectivity index (χ0v) is 27.9. The average molecular weight is 679 g/mol. The fraction of sp³-hybridized carbons (Fsp3) is 0.270. The molecule has 1 atom stereocenters. The molecular formula is C37H32ClFN6O2S. The number of aromatic nitrogens is 4. The molecule has 6 aromatic rings. The number of hydrogen-bond acceptors (Lipinski definition) is 8. The Hall–Kier alpha value is -4.67. The SMILES string of the molecule is Cc1nnc(-c2c(CCc3ccc(F)cc3)nc3c(c2-c2cc4ccnc(N)c4s2)C(=O)N2CCCC32)o1.Clc1ccc2c(c1)CCC2. The van der Waals surface area contributed by atoms with Gasteiger partial charge in [0, 0.05) is 35.1 Å². The van der Waals surface area contributed by atoms with Crippen molar-refractivity contribution in [2.24, 2.45) is 0 Å². The first kappa shape index (κ1) is 30.7. The maximum absolute atomic E-state index is 13.8. The number of rotatable bonds is 5. The number of nitrogens with two attached hydrogens (primary N) is 1. The minimum Gasteiger partial charge on any atom is -0.421 e. The maximum atomic E-state index is 13.8. The van der Waals surface area contributed by atoms with Crippen LogP contribution in [0, 0.1) is 12.7 Å². The van der Waals surface area contributed by atoms with Crippen molar-refractivity contribution in [1.82, 2.24) is 25.1 Å².